The first kappa shape index (κ1) is 21.5. The fraction of sp³-hybridized carbons (Fsp3) is 0.0800. The van der Waals surface area contributed by atoms with Gasteiger partial charge in [0.2, 0.25) is 5.78 Å². The number of anilines is 1. The van der Waals surface area contributed by atoms with Crippen LogP contribution >= 0.6 is 23.1 Å². The van der Waals surface area contributed by atoms with E-state index in [9.17, 15) is 4.79 Å². The van der Waals surface area contributed by atoms with Crippen molar-refractivity contribution in [3.8, 4) is 11.3 Å². The summed E-state index contributed by atoms with van der Waals surface area (Å²) in [5, 5.41) is 13.0. The number of carbonyl (C=O) groups is 1. The Kier molecular flexibility index (Phi) is 5.51. The topological polar surface area (TPSA) is 98.2 Å². The summed E-state index contributed by atoms with van der Waals surface area (Å²) in [5.41, 5.74) is 3.92. The third-order valence-corrected chi connectivity index (χ3v) is 7.42. The van der Waals surface area contributed by atoms with Crippen molar-refractivity contribution in [1.29, 1.82) is 0 Å². The second-order valence-electron chi connectivity index (χ2n) is 7.77. The lowest BCUT2D eigenvalue weighted by molar-refractivity contribution is 0.0998. The van der Waals surface area contributed by atoms with Gasteiger partial charge in [0.05, 0.1) is 5.69 Å². The van der Waals surface area contributed by atoms with E-state index in [0.717, 1.165) is 31.6 Å². The average molecular weight is 499 g/mol. The van der Waals surface area contributed by atoms with Gasteiger partial charge in [-0.15, -0.1) is 10.2 Å². The van der Waals surface area contributed by atoms with E-state index in [0.29, 0.717) is 28.6 Å². The second kappa shape index (κ2) is 8.97. The highest BCUT2D eigenvalue weighted by Gasteiger charge is 2.21. The molecule has 6 rings (SSSR count). The molecule has 0 saturated heterocycles. The van der Waals surface area contributed by atoms with E-state index in [1.165, 1.54) is 11.3 Å². The number of benzene rings is 2. The monoisotopic (exact) mass is 498 g/mol. The molecule has 0 bridgehead atoms. The zero-order valence-electron chi connectivity index (χ0n) is 18.5. The van der Waals surface area contributed by atoms with Crippen molar-refractivity contribution in [2.24, 2.45) is 0 Å². The molecule has 8 nitrogen and oxygen atoms in total. The number of aromatic nitrogens is 5. The molecule has 0 atom stereocenters. The molecule has 0 radical (unpaired) electrons. The Balaban J connectivity index is 1.24. The van der Waals surface area contributed by atoms with Gasteiger partial charge in [0.25, 0.3) is 5.91 Å². The van der Waals surface area contributed by atoms with Crippen LogP contribution in [0.5, 0.6) is 0 Å². The predicted molar refractivity (Wildman–Crippen MR) is 137 cm³/mol. The molecule has 4 heterocycles. The van der Waals surface area contributed by atoms with Gasteiger partial charge in [0.15, 0.2) is 10.1 Å². The highest BCUT2D eigenvalue weighted by atomic mass is 32.2. The van der Waals surface area contributed by atoms with Crippen LogP contribution in [0.2, 0.25) is 0 Å². The van der Waals surface area contributed by atoms with Gasteiger partial charge in [-0.3, -0.25) is 9.20 Å². The van der Waals surface area contributed by atoms with Crippen molar-refractivity contribution in [1.82, 2.24) is 24.6 Å². The van der Waals surface area contributed by atoms with E-state index in [1.807, 2.05) is 78.3 Å². The van der Waals surface area contributed by atoms with Gasteiger partial charge in [-0.05, 0) is 31.2 Å². The summed E-state index contributed by atoms with van der Waals surface area (Å²) in [5.74, 6) is 1.19. The lowest BCUT2D eigenvalue weighted by atomic mass is 10.1. The summed E-state index contributed by atoms with van der Waals surface area (Å²) in [6.07, 6.45) is 5.54. The summed E-state index contributed by atoms with van der Waals surface area (Å²) in [7, 11) is 0. The van der Waals surface area contributed by atoms with Crippen LogP contribution < -0.4 is 5.32 Å². The number of hydrogen-bond acceptors (Lipinski definition) is 8. The standard InChI is InChI=1S/C25H18N6O2S2/c1-15-29-30-25(35-15)34-14-19-18-5-2-3-6-21(18)33-22(19)23(32)27-17-9-7-16(8-10-17)20-13-31-12-4-11-26-24(31)28-20/h2-13H,14H2,1H3,(H,27,32). The SMILES string of the molecule is Cc1nnc(SCc2c(C(=O)Nc3ccc(-c4cn5cccnc5n4)cc3)oc3ccccc23)s1. The molecule has 0 aliphatic carbocycles. The molecule has 1 amide bonds. The van der Waals surface area contributed by atoms with Crippen LogP contribution in [-0.4, -0.2) is 30.5 Å². The van der Waals surface area contributed by atoms with Crippen molar-refractivity contribution < 1.29 is 9.21 Å². The number of rotatable bonds is 6. The smallest absolute Gasteiger partial charge is 0.291 e. The predicted octanol–water partition coefficient (Wildman–Crippen LogP) is 5.85. The molecule has 0 aliphatic rings. The van der Waals surface area contributed by atoms with Crippen LogP contribution in [0.25, 0.3) is 28.0 Å². The van der Waals surface area contributed by atoms with Crippen molar-refractivity contribution in [3.63, 3.8) is 0 Å². The quantitative estimate of drug-likeness (QED) is 0.288. The summed E-state index contributed by atoms with van der Waals surface area (Å²) >= 11 is 3.08. The molecule has 172 valence electrons. The maximum atomic E-state index is 13.2. The Hall–Kier alpha value is -4.02. The maximum absolute atomic E-state index is 13.2. The van der Waals surface area contributed by atoms with Crippen molar-refractivity contribution in [2.45, 2.75) is 17.0 Å². The van der Waals surface area contributed by atoms with E-state index >= 15 is 0 Å². The first-order chi connectivity index (χ1) is 17.1. The number of aryl methyl sites for hydroxylation is 1. The molecule has 4 aromatic heterocycles. The number of imidazole rings is 1. The van der Waals surface area contributed by atoms with E-state index in [-0.39, 0.29) is 5.91 Å². The Morgan fingerprint density at radius 3 is 2.77 bits per heavy atom. The van der Waals surface area contributed by atoms with Crippen molar-refractivity contribution in [3.05, 3.63) is 89.5 Å². The van der Waals surface area contributed by atoms with Crippen LogP contribution in [-0.2, 0) is 5.75 Å². The van der Waals surface area contributed by atoms with Gasteiger partial charge in [-0.1, -0.05) is 53.4 Å². The number of carbonyl (C=O) groups excluding carboxylic acids is 1. The van der Waals surface area contributed by atoms with Crippen molar-refractivity contribution >= 4 is 51.4 Å². The van der Waals surface area contributed by atoms with E-state index in [2.05, 4.69) is 25.5 Å². The van der Waals surface area contributed by atoms with Gasteiger partial charge in [-0.25, -0.2) is 9.97 Å². The number of amides is 1. The van der Waals surface area contributed by atoms with Gasteiger partial charge >= 0.3 is 0 Å². The summed E-state index contributed by atoms with van der Waals surface area (Å²) in [6, 6.07) is 17.1. The van der Waals surface area contributed by atoms with Gasteiger partial charge in [0.1, 0.15) is 10.6 Å². The number of nitrogens with zero attached hydrogens (tertiary/aromatic N) is 5. The zero-order valence-corrected chi connectivity index (χ0v) is 20.1. The average Bonchev–Trinajstić information content (AvgIpc) is 3.59. The largest absolute Gasteiger partial charge is 0.451 e. The van der Waals surface area contributed by atoms with Crippen LogP contribution in [0.1, 0.15) is 21.1 Å². The number of hydrogen-bond donors (Lipinski definition) is 1. The lowest BCUT2D eigenvalue weighted by Gasteiger charge is -2.06. The third kappa shape index (κ3) is 4.29. The fourth-order valence-corrected chi connectivity index (χ4v) is 5.62. The highest BCUT2D eigenvalue weighted by molar-refractivity contribution is 8.00. The number of fused-ring (bicyclic) bond motifs is 2. The van der Waals surface area contributed by atoms with Crippen LogP contribution in [0.15, 0.2) is 81.9 Å². The first-order valence-electron chi connectivity index (χ1n) is 10.8. The Morgan fingerprint density at radius 2 is 1.97 bits per heavy atom. The number of furan rings is 1. The Bertz CT molecular complexity index is 1640. The van der Waals surface area contributed by atoms with E-state index in [4.69, 9.17) is 4.42 Å². The van der Waals surface area contributed by atoms with Crippen LogP contribution in [0.4, 0.5) is 5.69 Å². The Labute approximate surface area is 208 Å². The first-order valence-corrected chi connectivity index (χ1v) is 12.6. The molecule has 35 heavy (non-hydrogen) atoms. The minimum Gasteiger partial charge on any atom is -0.451 e. The zero-order chi connectivity index (χ0) is 23.8. The Morgan fingerprint density at radius 1 is 1.11 bits per heavy atom. The van der Waals surface area contributed by atoms with Gasteiger partial charge in [0, 0.05) is 46.5 Å². The van der Waals surface area contributed by atoms with Crippen molar-refractivity contribution in [2.75, 3.05) is 5.32 Å². The molecule has 2 aromatic carbocycles. The fourth-order valence-electron chi connectivity index (χ4n) is 3.78. The second-order valence-corrected chi connectivity index (χ2v) is 10.2. The third-order valence-electron chi connectivity index (χ3n) is 5.43. The van der Waals surface area contributed by atoms with Crippen LogP contribution in [0, 0.1) is 6.92 Å². The molecule has 6 aromatic rings. The molecule has 0 unspecified atom stereocenters. The molecule has 1 N–H and O–H groups in total. The maximum Gasteiger partial charge on any atom is 0.291 e. The molecule has 0 saturated carbocycles. The van der Waals surface area contributed by atoms with E-state index < -0.39 is 0 Å². The number of nitrogens with one attached hydrogen (secondary N) is 1. The molecule has 0 spiro atoms. The summed E-state index contributed by atoms with van der Waals surface area (Å²) in [6.45, 7) is 1.92. The lowest BCUT2D eigenvalue weighted by Crippen LogP contribution is -2.12. The molecular formula is C25H18N6O2S2. The van der Waals surface area contributed by atoms with Gasteiger partial charge < -0.3 is 9.73 Å². The molecule has 10 heteroatoms. The molecular weight excluding hydrogens is 480 g/mol. The highest BCUT2D eigenvalue weighted by Crippen LogP contribution is 2.33. The number of para-hydroxylation sites is 1. The molecule has 0 fully saturated rings. The minimum absolute atomic E-state index is 0.296. The summed E-state index contributed by atoms with van der Waals surface area (Å²) < 4.78 is 8.70. The summed E-state index contributed by atoms with van der Waals surface area (Å²) in [4.78, 5) is 22.0. The normalized spacial score (nSPS) is 11.3. The van der Waals surface area contributed by atoms with Crippen LogP contribution in [0.3, 0.4) is 0 Å². The number of thioether (sulfide) groups is 1. The van der Waals surface area contributed by atoms with E-state index in [1.54, 1.807) is 18.0 Å². The van der Waals surface area contributed by atoms with Gasteiger partial charge in [-0.2, -0.15) is 0 Å². The minimum atomic E-state index is -0.296. The molecule has 0 aliphatic heterocycles.